The van der Waals surface area contributed by atoms with Crippen LogP contribution >= 0.6 is 15.9 Å². The Bertz CT molecular complexity index is 99.0. The number of rotatable bonds is 7. The summed E-state index contributed by atoms with van der Waals surface area (Å²) in [6.07, 6.45) is 2.41. The van der Waals surface area contributed by atoms with Crippen LogP contribution in [0.2, 0.25) is 12.1 Å². The number of hydrogen-bond donors (Lipinski definition) is 0. The van der Waals surface area contributed by atoms with Crippen molar-refractivity contribution in [3.63, 3.8) is 0 Å². The molecule has 0 heterocycles. The fourth-order valence-corrected chi connectivity index (χ4v) is 3.93. The smallest absolute Gasteiger partial charge is 0.337 e. The van der Waals surface area contributed by atoms with Crippen molar-refractivity contribution >= 4 is 24.5 Å². The predicted molar refractivity (Wildman–Crippen MR) is 58.1 cm³/mol. The van der Waals surface area contributed by atoms with Crippen molar-refractivity contribution in [3.8, 4) is 0 Å². The Balaban J connectivity index is 3.76. The maximum atomic E-state index is 5.48. The Morgan fingerprint density at radius 3 is 2.08 bits per heavy atom. The van der Waals surface area contributed by atoms with Crippen LogP contribution in [0.15, 0.2) is 0 Å². The zero-order valence-corrected chi connectivity index (χ0v) is 10.8. The quantitative estimate of drug-likeness (QED) is 0.395. The molecule has 4 heteroatoms. The molecule has 0 aliphatic rings. The van der Waals surface area contributed by atoms with E-state index in [-0.39, 0.29) is 0 Å². The maximum Gasteiger partial charge on any atom is 0.337 e. The molecule has 0 atom stereocenters. The lowest BCUT2D eigenvalue weighted by molar-refractivity contribution is 0.242. The summed E-state index contributed by atoms with van der Waals surface area (Å²) in [7, 11) is 1.77. The van der Waals surface area contributed by atoms with Gasteiger partial charge in [0.05, 0.1) is 0 Å². The van der Waals surface area contributed by atoms with Gasteiger partial charge in [-0.05, 0) is 18.5 Å². The van der Waals surface area contributed by atoms with Gasteiger partial charge in [-0.1, -0.05) is 29.3 Å². The molecule has 0 radical (unpaired) electrons. The van der Waals surface area contributed by atoms with Gasteiger partial charge in [0.2, 0.25) is 0 Å². The standard InChI is InChI=1S/C8H19BrO2Si/c1-4-12(10-2,11-3)8-6-5-7-9/h4-8H2,1-3H3. The minimum Gasteiger partial charge on any atom is -0.398 e. The monoisotopic (exact) mass is 254 g/mol. The molecule has 0 aromatic heterocycles. The van der Waals surface area contributed by atoms with Gasteiger partial charge in [-0.3, -0.25) is 0 Å². The molecule has 2 nitrogen and oxygen atoms in total. The first-order valence-corrected chi connectivity index (χ1v) is 7.76. The minimum absolute atomic E-state index is 1.04. The number of alkyl halides is 1. The van der Waals surface area contributed by atoms with E-state index in [2.05, 4.69) is 22.9 Å². The molecule has 12 heavy (non-hydrogen) atoms. The third-order valence-corrected chi connectivity index (χ3v) is 6.47. The molecule has 0 fully saturated rings. The molecule has 0 saturated heterocycles. The molecule has 0 N–H and O–H groups in total. The van der Waals surface area contributed by atoms with Gasteiger partial charge < -0.3 is 8.85 Å². The third kappa shape index (κ3) is 4.03. The third-order valence-electron chi connectivity index (χ3n) is 2.22. The summed E-state index contributed by atoms with van der Waals surface area (Å²) < 4.78 is 11.0. The van der Waals surface area contributed by atoms with Crippen LogP contribution in [-0.2, 0) is 8.85 Å². The van der Waals surface area contributed by atoms with Crippen molar-refractivity contribution in [1.82, 2.24) is 0 Å². The topological polar surface area (TPSA) is 18.5 Å². The Morgan fingerprint density at radius 1 is 1.17 bits per heavy atom. The fourth-order valence-electron chi connectivity index (χ4n) is 1.24. The lowest BCUT2D eigenvalue weighted by Gasteiger charge is -2.25. The van der Waals surface area contributed by atoms with Crippen LogP contribution < -0.4 is 0 Å². The highest BCUT2D eigenvalue weighted by atomic mass is 79.9. The SMILES string of the molecule is CC[Si](CCCCBr)(OC)OC. The Kier molecular flexibility index (Phi) is 7.43. The van der Waals surface area contributed by atoms with Crippen molar-refractivity contribution in [1.29, 1.82) is 0 Å². The normalized spacial score (nSPS) is 12.0. The van der Waals surface area contributed by atoms with Crippen LogP contribution in [-0.4, -0.2) is 28.1 Å². The van der Waals surface area contributed by atoms with Gasteiger partial charge in [0, 0.05) is 19.5 Å². The van der Waals surface area contributed by atoms with Gasteiger partial charge in [0.1, 0.15) is 0 Å². The minimum atomic E-state index is -1.78. The summed E-state index contributed by atoms with van der Waals surface area (Å²) in [5.41, 5.74) is 0. The van der Waals surface area contributed by atoms with Gasteiger partial charge in [-0.15, -0.1) is 0 Å². The molecule has 0 saturated carbocycles. The van der Waals surface area contributed by atoms with Crippen LogP contribution in [0.4, 0.5) is 0 Å². The van der Waals surface area contributed by atoms with E-state index >= 15 is 0 Å². The van der Waals surface area contributed by atoms with Gasteiger partial charge in [0.25, 0.3) is 0 Å². The van der Waals surface area contributed by atoms with Gasteiger partial charge in [0.15, 0.2) is 0 Å². The van der Waals surface area contributed by atoms with Gasteiger partial charge >= 0.3 is 8.56 Å². The molecule has 0 rings (SSSR count). The second kappa shape index (κ2) is 7.06. The Labute approximate surface area is 85.0 Å². The van der Waals surface area contributed by atoms with Crippen molar-refractivity contribution < 1.29 is 8.85 Å². The molecule has 74 valence electrons. The number of hydrogen-bond acceptors (Lipinski definition) is 2. The van der Waals surface area contributed by atoms with E-state index in [1.807, 2.05) is 0 Å². The van der Waals surface area contributed by atoms with Crippen molar-refractivity contribution in [2.24, 2.45) is 0 Å². The zero-order valence-electron chi connectivity index (χ0n) is 8.23. The summed E-state index contributed by atoms with van der Waals surface area (Å²) in [6.45, 7) is 2.15. The molecule has 0 unspecified atom stereocenters. The Morgan fingerprint density at radius 2 is 1.75 bits per heavy atom. The lowest BCUT2D eigenvalue weighted by atomic mass is 10.4. The molecular weight excluding hydrogens is 236 g/mol. The molecule has 0 bridgehead atoms. The van der Waals surface area contributed by atoms with Gasteiger partial charge in [-0.25, -0.2) is 0 Å². The average molecular weight is 255 g/mol. The first-order chi connectivity index (χ1) is 5.74. The second-order valence-electron chi connectivity index (χ2n) is 2.82. The van der Waals surface area contributed by atoms with E-state index in [1.165, 1.54) is 12.8 Å². The van der Waals surface area contributed by atoms with Crippen LogP contribution in [0.1, 0.15) is 19.8 Å². The zero-order chi connectivity index (χ0) is 9.45. The van der Waals surface area contributed by atoms with E-state index in [4.69, 9.17) is 8.85 Å². The van der Waals surface area contributed by atoms with E-state index in [1.54, 1.807) is 14.2 Å². The van der Waals surface area contributed by atoms with Gasteiger partial charge in [-0.2, -0.15) is 0 Å². The first kappa shape index (κ1) is 12.6. The number of unbranched alkanes of at least 4 members (excludes halogenated alkanes) is 1. The fraction of sp³-hybridized carbons (Fsp3) is 1.00. The predicted octanol–water partition coefficient (Wildman–Crippen LogP) is 2.92. The van der Waals surface area contributed by atoms with E-state index in [0.717, 1.165) is 17.4 Å². The summed E-state index contributed by atoms with van der Waals surface area (Å²) in [5.74, 6) is 0. The van der Waals surface area contributed by atoms with Crippen molar-refractivity contribution in [2.45, 2.75) is 31.9 Å². The second-order valence-corrected chi connectivity index (χ2v) is 7.46. The highest BCUT2D eigenvalue weighted by Gasteiger charge is 2.31. The van der Waals surface area contributed by atoms with Crippen LogP contribution in [0.3, 0.4) is 0 Å². The Hall–Kier alpha value is 0.617. The summed E-state index contributed by atoms with van der Waals surface area (Å²) in [4.78, 5) is 0. The maximum absolute atomic E-state index is 5.48. The molecule has 0 aromatic carbocycles. The first-order valence-electron chi connectivity index (χ1n) is 4.41. The molecule has 0 spiro atoms. The van der Waals surface area contributed by atoms with E-state index in [0.29, 0.717) is 0 Å². The number of halogens is 1. The largest absolute Gasteiger partial charge is 0.398 e. The van der Waals surface area contributed by atoms with Crippen molar-refractivity contribution in [3.05, 3.63) is 0 Å². The van der Waals surface area contributed by atoms with E-state index in [9.17, 15) is 0 Å². The highest BCUT2D eigenvalue weighted by molar-refractivity contribution is 9.09. The lowest BCUT2D eigenvalue weighted by Crippen LogP contribution is -2.38. The molecule has 0 aromatic rings. The van der Waals surface area contributed by atoms with Crippen LogP contribution in [0, 0.1) is 0 Å². The summed E-state index contributed by atoms with van der Waals surface area (Å²) in [6, 6.07) is 2.16. The molecule has 0 amide bonds. The van der Waals surface area contributed by atoms with Crippen LogP contribution in [0.25, 0.3) is 0 Å². The molecule has 0 aliphatic heterocycles. The highest BCUT2D eigenvalue weighted by Crippen LogP contribution is 2.20. The molecule has 0 aliphatic carbocycles. The average Bonchev–Trinajstić information content (AvgIpc) is 2.14. The van der Waals surface area contributed by atoms with E-state index < -0.39 is 8.56 Å². The van der Waals surface area contributed by atoms with Crippen molar-refractivity contribution in [2.75, 3.05) is 19.5 Å². The summed E-state index contributed by atoms with van der Waals surface area (Å²) >= 11 is 3.42. The molecular formula is C8H19BrO2Si. The summed E-state index contributed by atoms with van der Waals surface area (Å²) in [5, 5.41) is 1.08. The van der Waals surface area contributed by atoms with Crippen LogP contribution in [0.5, 0.6) is 0 Å².